The Bertz CT molecular complexity index is 971. The second kappa shape index (κ2) is 5.89. The van der Waals surface area contributed by atoms with Crippen LogP contribution in [0.4, 0.5) is 17.3 Å². The van der Waals surface area contributed by atoms with E-state index in [1.54, 1.807) is 12.1 Å². The fourth-order valence-corrected chi connectivity index (χ4v) is 2.94. The van der Waals surface area contributed by atoms with Gasteiger partial charge in [0.15, 0.2) is 5.65 Å². The van der Waals surface area contributed by atoms with Crippen LogP contribution in [-0.4, -0.2) is 51.3 Å². The average molecular weight is 341 g/mol. The molecule has 3 aromatic rings. The van der Waals surface area contributed by atoms with Gasteiger partial charge >= 0.3 is 0 Å². The molecule has 0 atom stereocenters. The minimum absolute atomic E-state index is 0.0806. The number of aromatic amines is 2. The number of nitro groups is 1. The van der Waals surface area contributed by atoms with Gasteiger partial charge in [-0.25, -0.2) is 0 Å². The Morgan fingerprint density at radius 2 is 1.76 bits per heavy atom. The molecule has 0 saturated carbocycles. The summed E-state index contributed by atoms with van der Waals surface area (Å²) in [5.74, 6) is 0.519. The molecule has 0 bridgehead atoms. The smallest absolute Gasteiger partial charge is 0.269 e. The Morgan fingerprint density at radius 3 is 2.44 bits per heavy atom. The van der Waals surface area contributed by atoms with Crippen molar-refractivity contribution >= 4 is 28.4 Å². The van der Waals surface area contributed by atoms with Gasteiger partial charge in [-0.05, 0) is 12.1 Å². The van der Waals surface area contributed by atoms with Gasteiger partial charge in [0.2, 0.25) is 5.95 Å². The van der Waals surface area contributed by atoms with E-state index in [0.29, 0.717) is 30.1 Å². The van der Waals surface area contributed by atoms with E-state index in [0.717, 1.165) is 18.8 Å². The van der Waals surface area contributed by atoms with Crippen LogP contribution in [0.15, 0.2) is 35.3 Å². The number of nitrogens with one attached hydrogen (secondary N) is 2. The largest absolute Gasteiger partial charge is 0.368 e. The number of benzene rings is 1. The molecule has 10 heteroatoms. The number of hydrogen-bond acceptors (Lipinski definition) is 7. The van der Waals surface area contributed by atoms with Crippen molar-refractivity contribution in [2.75, 3.05) is 36.0 Å². The number of piperazine rings is 1. The maximum absolute atomic E-state index is 12.0. The summed E-state index contributed by atoms with van der Waals surface area (Å²) in [7, 11) is 0. The minimum atomic E-state index is -0.407. The number of non-ortho nitro benzene ring substituents is 1. The van der Waals surface area contributed by atoms with Gasteiger partial charge in [-0.3, -0.25) is 25.0 Å². The van der Waals surface area contributed by atoms with E-state index in [2.05, 4.69) is 25.1 Å². The third kappa shape index (κ3) is 2.77. The summed E-state index contributed by atoms with van der Waals surface area (Å²) in [5, 5.41) is 17.7. The fourth-order valence-electron chi connectivity index (χ4n) is 2.94. The van der Waals surface area contributed by atoms with Crippen molar-refractivity contribution in [1.82, 2.24) is 20.2 Å². The third-order valence-electron chi connectivity index (χ3n) is 4.31. The molecule has 0 unspecified atom stereocenters. The van der Waals surface area contributed by atoms with E-state index >= 15 is 0 Å². The first-order chi connectivity index (χ1) is 12.1. The molecule has 0 spiro atoms. The molecule has 1 saturated heterocycles. The summed E-state index contributed by atoms with van der Waals surface area (Å²) in [5.41, 5.74) is 1.27. The lowest BCUT2D eigenvalue weighted by atomic mass is 10.2. The molecule has 2 N–H and O–H groups in total. The molecule has 1 aromatic carbocycles. The van der Waals surface area contributed by atoms with Gasteiger partial charge in [0.1, 0.15) is 5.39 Å². The SMILES string of the molecule is O=c1[nH]c(N2CCN(c3ccc([N+](=O)[O-])cc3)CC2)nc2[nH]ncc12. The van der Waals surface area contributed by atoms with Crippen LogP contribution < -0.4 is 15.4 Å². The van der Waals surface area contributed by atoms with Gasteiger partial charge in [-0.15, -0.1) is 0 Å². The van der Waals surface area contributed by atoms with Crippen LogP contribution in [0.1, 0.15) is 0 Å². The maximum atomic E-state index is 12.0. The molecule has 0 radical (unpaired) electrons. The average Bonchev–Trinajstić information content (AvgIpc) is 3.11. The van der Waals surface area contributed by atoms with Crippen molar-refractivity contribution in [3.63, 3.8) is 0 Å². The van der Waals surface area contributed by atoms with E-state index in [1.807, 2.05) is 4.90 Å². The second-order valence-corrected chi connectivity index (χ2v) is 5.77. The van der Waals surface area contributed by atoms with Crippen molar-refractivity contribution in [2.24, 2.45) is 0 Å². The highest BCUT2D eigenvalue weighted by molar-refractivity contribution is 5.73. The highest BCUT2D eigenvalue weighted by atomic mass is 16.6. The molecule has 128 valence electrons. The van der Waals surface area contributed by atoms with Crippen LogP contribution in [0.3, 0.4) is 0 Å². The maximum Gasteiger partial charge on any atom is 0.269 e. The molecule has 25 heavy (non-hydrogen) atoms. The quantitative estimate of drug-likeness (QED) is 0.535. The van der Waals surface area contributed by atoms with Crippen molar-refractivity contribution < 1.29 is 4.92 Å². The molecule has 1 aliphatic heterocycles. The lowest BCUT2D eigenvalue weighted by Gasteiger charge is -2.36. The molecule has 2 aromatic heterocycles. The van der Waals surface area contributed by atoms with Crippen LogP contribution >= 0.6 is 0 Å². The summed E-state index contributed by atoms with van der Waals surface area (Å²) in [6.07, 6.45) is 1.46. The van der Waals surface area contributed by atoms with E-state index in [1.165, 1.54) is 18.3 Å². The van der Waals surface area contributed by atoms with E-state index in [9.17, 15) is 14.9 Å². The molecule has 4 rings (SSSR count). The lowest BCUT2D eigenvalue weighted by molar-refractivity contribution is -0.384. The first-order valence-electron chi connectivity index (χ1n) is 7.79. The third-order valence-corrected chi connectivity index (χ3v) is 4.31. The summed E-state index contributed by atoms with van der Waals surface area (Å²) in [6, 6.07) is 6.52. The van der Waals surface area contributed by atoms with Crippen molar-refractivity contribution in [2.45, 2.75) is 0 Å². The van der Waals surface area contributed by atoms with E-state index < -0.39 is 4.92 Å². The Morgan fingerprint density at radius 1 is 1.08 bits per heavy atom. The molecule has 10 nitrogen and oxygen atoms in total. The zero-order chi connectivity index (χ0) is 17.4. The predicted molar refractivity (Wildman–Crippen MR) is 92.0 cm³/mol. The van der Waals surface area contributed by atoms with Crippen molar-refractivity contribution in [3.8, 4) is 0 Å². The zero-order valence-corrected chi connectivity index (χ0v) is 13.2. The molecule has 3 heterocycles. The standard InChI is InChI=1S/C15H15N7O3/c23-14-12-9-16-19-13(12)17-15(18-14)21-7-5-20(6-8-21)10-1-3-11(4-2-10)22(24)25/h1-4,9H,5-8H2,(H2,16,17,18,19,23). The van der Waals surface area contributed by atoms with Gasteiger partial charge < -0.3 is 9.80 Å². The normalized spacial score (nSPS) is 14.9. The number of hydrogen-bond donors (Lipinski definition) is 2. The number of fused-ring (bicyclic) bond motifs is 1. The number of nitro benzene ring substituents is 1. The Hall–Kier alpha value is -3.43. The Kier molecular flexibility index (Phi) is 3.56. The second-order valence-electron chi connectivity index (χ2n) is 5.77. The van der Waals surface area contributed by atoms with Crippen molar-refractivity contribution in [1.29, 1.82) is 0 Å². The molecular weight excluding hydrogens is 326 g/mol. The molecule has 1 aliphatic rings. The fraction of sp³-hybridized carbons (Fsp3) is 0.267. The highest BCUT2D eigenvalue weighted by Gasteiger charge is 2.20. The zero-order valence-electron chi connectivity index (χ0n) is 13.2. The summed E-state index contributed by atoms with van der Waals surface area (Å²) < 4.78 is 0. The topological polar surface area (TPSA) is 124 Å². The number of H-pyrrole nitrogens is 2. The van der Waals surface area contributed by atoms with Gasteiger partial charge in [-0.1, -0.05) is 0 Å². The number of anilines is 2. The monoisotopic (exact) mass is 341 g/mol. The number of nitrogens with zero attached hydrogens (tertiary/aromatic N) is 5. The first kappa shape index (κ1) is 15.1. The number of aromatic nitrogens is 4. The van der Waals surface area contributed by atoms with Crippen LogP contribution in [0.25, 0.3) is 11.0 Å². The molecule has 1 fully saturated rings. The van der Waals surface area contributed by atoms with Gasteiger partial charge in [0, 0.05) is 44.0 Å². The summed E-state index contributed by atoms with van der Waals surface area (Å²) >= 11 is 0. The lowest BCUT2D eigenvalue weighted by Crippen LogP contribution is -2.47. The van der Waals surface area contributed by atoms with E-state index in [-0.39, 0.29) is 11.2 Å². The predicted octanol–water partition coefficient (Wildman–Crippen LogP) is 0.881. The van der Waals surface area contributed by atoms with Crippen LogP contribution in [0.2, 0.25) is 0 Å². The van der Waals surface area contributed by atoms with Gasteiger partial charge in [0.25, 0.3) is 11.2 Å². The van der Waals surface area contributed by atoms with E-state index in [4.69, 9.17) is 0 Å². The minimum Gasteiger partial charge on any atom is -0.368 e. The molecular formula is C15H15N7O3. The summed E-state index contributed by atoms with van der Waals surface area (Å²) in [6.45, 7) is 2.81. The van der Waals surface area contributed by atoms with Gasteiger partial charge in [0.05, 0.1) is 11.1 Å². The Balaban J connectivity index is 1.48. The number of rotatable bonds is 3. The van der Waals surface area contributed by atoms with Crippen LogP contribution in [0.5, 0.6) is 0 Å². The highest BCUT2D eigenvalue weighted by Crippen LogP contribution is 2.21. The van der Waals surface area contributed by atoms with Gasteiger partial charge in [-0.2, -0.15) is 10.1 Å². The van der Waals surface area contributed by atoms with Crippen LogP contribution in [-0.2, 0) is 0 Å². The van der Waals surface area contributed by atoms with Crippen molar-refractivity contribution in [3.05, 3.63) is 50.9 Å². The summed E-state index contributed by atoms with van der Waals surface area (Å²) in [4.78, 5) is 33.7. The van der Waals surface area contributed by atoms with Crippen LogP contribution in [0, 0.1) is 10.1 Å². The molecule has 0 aliphatic carbocycles. The first-order valence-corrected chi connectivity index (χ1v) is 7.79. The molecule has 0 amide bonds. The Labute approximate surface area is 141 Å².